The molecule has 116 valence electrons. The first-order valence-electron chi connectivity index (χ1n) is 7.92. The van der Waals surface area contributed by atoms with E-state index in [1.807, 2.05) is 29.2 Å². The van der Waals surface area contributed by atoms with E-state index >= 15 is 0 Å². The predicted molar refractivity (Wildman–Crippen MR) is 84.0 cm³/mol. The summed E-state index contributed by atoms with van der Waals surface area (Å²) in [5, 5.41) is 7.33. The van der Waals surface area contributed by atoms with Gasteiger partial charge in [-0.25, -0.2) is 0 Å². The normalized spacial score (nSPS) is 15.5. The third kappa shape index (κ3) is 3.72. The third-order valence-corrected chi connectivity index (χ3v) is 4.10. The van der Waals surface area contributed by atoms with Crippen LogP contribution < -0.4 is 5.32 Å². The molecular weight excluding hydrogens is 276 g/mol. The van der Waals surface area contributed by atoms with Gasteiger partial charge >= 0.3 is 0 Å². The zero-order chi connectivity index (χ0) is 15.4. The minimum Gasteiger partial charge on any atom is -0.347 e. The molecule has 0 aliphatic heterocycles. The molecule has 1 saturated carbocycles. The van der Waals surface area contributed by atoms with Crippen molar-refractivity contribution in [1.82, 2.24) is 20.1 Å². The maximum Gasteiger partial charge on any atom is 0.220 e. The number of hydrogen-bond donors (Lipinski definition) is 1. The Morgan fingerprint density at radius 3 is 2.95 bits per heavy atom. The van der Waals surface area contributed by atoms with Gasteiger partial charge in [-0.3, -0.25) is 14.5 Å². The Bertz CT molecular complexity index is 619. The molecule has 1 fully saturated rings. The minimum absolute atomic E-state index is 0.0680. The van der Waals surface area contributed by atoms with E-state index in [0.29, 0.717) is 12.3 Å². The number of hydrogen-bond acceptors (Lipinski definition) is 3. The van der Waals surface area contributed by atoms with Gasteiger partial charge < -0.3 is 5.32 Å². The first-order chi connectivity index (χ1) is 10.7. The molecule has 5 heteroatoms. The molecule has 0 saturated heterocycles. The van der Waals surface area contributed by atoms with Crippen molar-refractivity contribution >= 4 is 5.91 Å². The molecule has 0 spiro atoms. The van der Waals surface area contributed by atoms with Crippen molar-refractivity contribution in [2.75, 3.05) is 0 Å². The van der Waals surface area contributed by atoms with E-state index in [1.54, 1.807) is 6.20 Å². The SMILES string of the molecule is Cc1cccnc1[C@@H](NC(=O)CCCn1cccn1)C1CC1. The van der Waals surface area contributed by atoms with Crippen molar-refractivity contribution in [2.24, 2.45) is 5.92 Å². The summed E-state index contributed by atoms with van der Waals surface area (Å²) in [7, 11) is 0. The lowest BCUT2D eigenvalue weighted by Crippen LogP contribution is -2.31. The smallest absolute Gasteiger partial charge is 0.220 e. The molecule has 0 unspecified atom stereocenters. The number of amides is 1. The van der Waals surface area contributed by atoms with Gasteiger partial charge in [-0.1, -0.05) is 6.07 Å². The van der Waals surface area contributed by atoms with E-state index in [1.165, 1.54) is 12.8 Å². The quantitative estimate of drug-likeness (QED) is 0.855. The Morgan fingerprint density at radius 2 is 2.27 bits per heavy atom. The summed E-state index contributed by atoms with van der Waals surface area (Å²) in [5.74, 6) is 0.651. The molecule has 1 aliphatic carbocycles. The van der Waals surface area contributed by atoms with Crippen LogP contribution in [0.2, 0.25) is 0 Å². The number of carbonyl (C=O) groups excluding carboxylic acids is 1. The Morgan fingerprint density at radius 1 is 1.41 bits per heavy atom. The Hall–Kier alpha value is -2.17. The van der Waals surface area contributed by atoms with Crippen LogP contribution in [0, 0.1) is 12.8 Å². The molecule has 22 heavy (non-hydrogen) atoms. The predicted octanol–water partition coefficient (Wildman–Crippen LogP) is 2.63. The number of aromatic nitrogens is 3. The number of rotatable bonds is 7. The largest absolute Gasteiger partial charge is 0.347 e. The fourth-order valence-corrected chi connectivity index (χ4v) is 2.74. The minimum atomic E-state index is 0.0680. The van der Waals surface area contributed by atoms with Crippen molar-refractivity contribution in [3.8, 4) is 0 Å². The number of carbonyl (C=O) groups is 1. The molecule has 3 rings (SSSR count). The topological polar surface area (TPSA) is 59.8 Å². The summed E-state index contributed by atoms with van der Waals surface area (Å²) in [6.45, 7) is 2.83. The molecule has 0 bridgehead atoms. The number of pyridine rings is 1. The van der Waals surface area contributed by atoms with Crippen molar-refractivity contribution in [3.05, 3.63) is 48.0 Å². The van der Waals surface area contributed by atoms with Gasteiger partial charge in [0.1, 0.15) is 0 Å². The highest BCUT2D eigenvalue weighted by atomic mass is 16.1. The fraction of sp³-hybridized carbons (Fsp3) is 0.471. The summed E-state index contributed by atoms with van der Waals surface area (Å²) in [4.78, 5) is 16.7. The summed E-state index contributed by atoms with van der Waals surface area (Å²) >= 11 is 0. The van der Waals surface area contributed by atoms with E-state index in [4.69, 9.17) is 0 Å². The summed E-state index contributed by atoms with van der Waals surface area (Å²) in [6.07, 6.45) is 9.15. The summed E-state index contributed by atoms with van der Waals surface area (Å²) < 4.78 is 1.86. The average Bonchev–Trinajstić information content (AvgIpc) is 3.23. The van der Waals surface area contributed by atoms with Gasteiger partial charge in [-0.05, 0) is 49.8 Å². The second-order valence-electron chi connectivity index (χ2n) is 5.96. The van der Waals surface area contributed by atoms with Gasteiger partial charge in [0.15, 0.2) is 0 Å². The van der Waals surface area contributed by atoms with Crippen molar-refractivity contribution in [2.45, 2.75) is 45.2 Å². The standard InChI is InChI=1S/C17H22N4O/c1-13-5-2-9-18-16(13)17(14-7-8-14)20-15(22)6-3-11-21-12-4-10-19-21/h2,4-5,9-10,12,14,17H,3,6-8,11H2,1H3,(H,20,22)/t17-/m0/s1. The molecule has 1 aliphatic rings. The van der Waals surface area contributed by atoms with Gasteiger partial charge in [-0.15, -0.1) is 0 Å². The zero-order valence-electron chi connectivity index (χ0n) is 12.9. The van der Waals surface area contributed by atoms with Crippen molar-refractivity contribution in [1.29, 1.82) is 0 Å². The zero-order valence-corrected chi connectivity index (χ0v) is 12.9. The third-order valence-electron chi connectivity index (χ3n) is 4.10. The lowest BCUT2D eigenvalue weighted by Gasteiger charge is -2.19. The van der Waals surface area contributed by atoms with E-state index < -0.39 is 0 Å². The lowest BCUT2D eigenvalue weighted by molar-refractivity contribution is -0.122. The van der Waals surface area contributed by atoms with Crippen LogP contribution in [-0.2, 0) is 11.3 Å². The van der Waals surface area contributed by atoms with Gasteiger partial charge in [-0.2, -0.15) is 5.10 Å². The van der Waals surface area contributed by atoms with Gasteiger partial charge in [0, 0.05) is 31.6 Å². The highest BCUT2D eigenvalue weighted by Crippen LogP contribution is 2.41. The van der Waals surface area contributed by atoms with Crippen LogP contribution in [0.4, 0.5) is 0 Å². The van der Waals surface area contributed by atoms with Crippen LogP contribution in [-0.4, -0.2) is 20.7 Å². The first kappa shape index (κ1) is 14.8. The highest BCUT2D eigenvalue weighted by Gasteiger charge is 2.34. The van der Waals surface area contributed by atoms with Crippen LogP contribution in [0.25, 0.3) is 0 Å². The molecule has 1 atom stereocenters. The summed E-state index contributed by atoms with van der Waals surface area (Å²) in [6, 6.07) is 5.96. The van der Waals surface area contributed by atoms with Crippen molar-refractivity contribution < 1.29 is 4.79 Å². The van der Waals surface area contributed by atoms with Crippen LogP contribution >= 0.6 is 0 Å². The number of aryl methyl sites for hydroxylation is 2. The van der Waals surface area contributed by atoms with Gasteiger partial charge in [0.25, 0.3) is 0 Å². The van der Waals surface area contributed by atoms with Crippen LogP contribution in [0.5, 0.6) is 0 Å². The molecule has 0 radical (unpaired) electrons. The maximum atomic E-state index is 12.2. The van der Waals surface area contributed by atoms with E-state index in [0.717, 1.165) is 24.2 Å². The summed E-state index contributed by atoms with van der Waals surface area (Å²) in [5.41, 5.74) is 2.17. The van der Waals surface area contributed by atoms with E-state index in [2.05, 4.69) is 28.4 Å². The molecule has 1 amide bonds. The number of nitrogens with one attached hydrogen (secondary N) is 1. The van der Waals surface area contributed by atoms with E-state index in [-0.39, 0.29) is 11.9 Å². The Balaban J connectivity index is 1.55. The second-order valence-corrected chi connectivity index (χ2v) is 5.96. The van der Waals surface area contributed by atoms with Crippen molar-refractivity contribution in [3.63, 3.8) is 0 Å². The van der Waals surface area contributed by atoms with Crippen LogP contribution in [0.1, 0.15) is 43.0 Å². The first-order valence-corrected chi connectivity index (χ1v) is 7.92. The Labute approximate surface area is 130 Å². The fourth-order valence-electron chi connectivity index (χ4n) is 2.74. The number of nitrogens with zero attached hydrogens (tertiary/aromatic N) is 3. The van der Waals surface area contributed by atoms with Gasteiger partial charge in [0.05, 0.1) is 11.7 Å². The second kappa shape index (κ2) is 6.73. The highest BCUT2D eigenvalue weighted by molar-refractivity contribution is 5.76. The average molecular weight is 298 g/mol. The van der Waals surface area contributed by atoms with Gasteiger partial charge in [0.2, 0.25) is 5.91 Å². The molecule has 2 heterocycles. The maximum absolute atomic E-state index is 12.2. The van der Waals surface area contributed by atoms with Crippen LogP contribution in [0.15, 0.2) is 36.8 Å². The lowest BCUT2D eigenvalue weighted by atomic mass is 10.0. The molecule has 1 N–H and O–H groups in total. The Kier molecular flexibility index (Phi) is 4.51. The molecule has 5 nitrogen and oxygen atoms in total. The molecule has 0 aromatic carbocycles. The van der Waals surface area contributed by atoms with Crippen LogP contribution in [0.3, 0.4) is 0 Å². The molecule has 2 aromatic heterocycles. The van der Waals surface area contributed by atoms with E-state index in [9.17, 15) is 4.79 Å². The molecule has 2 aromatic rings. The molecular formula is C17H22N4O. The monoisotopic (exact) mass is 298 g/mol.